The molecule has 1 unspecified atom stereocenters. The fourth-order valence-electron chi connectivity index (χ4n) is 2.47. The number of halogens is 1. The monoisotopic (exact) mass is 287 g/mol. The van der Waals surface area contributed by atoms with Gasteiger partial charge in [-0.3, -0.25) is 0 Å². The van der Waals surface area contributed by atoms with Crippen molar-refractivity contribution in [1.82, 2.24) is 5.32 Å². The number of hydrogen-bond donors (Lipinski definition) is 1. The van der Waals surface area contributed by atoms with Crippen molar-refractivity contribution in [3.63, 3.8) is 0 Å². The first-order valence-corrected chi connectivity index (χ1v) is 7.26. The highest BCUT2D eigenvalue weighted by Gasteiger charge is 2.13. The Morgan fingerprint density at radius 1 is 1.19 bits per heavy atom. The molecule has 1 atom stereocenters. The van der Waals surface area contributed by atoms with E-state index in [1.165, 1.54) is 5.56 Å². The van der Waals surface area contributed by atoms with E-state index in [0.29, 0.717) is 5.56 Å². The van der Waals surface area contributed by atoms with E-state index in [2.05, 4.69) is 18.3 Å². The second-order valence-corrected chi connectivity index (χ2v) is 5.17. The van der Waals surface area contributed by atoms with Crippen molar-refractivity contribution in [3.05, 3.63) is 65.0 Å². The molecule has 0 saturated heterocycles. The zero-order valence-electron chi connectivity index (χ0n) is 12.8. The first-order valence-electron chi connectivity index (χ1n) is 7.26. The molecule has 0 amide bonds. The fourth-order valence-corrected chi connectivity index (χ4v) is 2.47. The van der Waals surface area contributed by atoms with Gasteiger partial charge in [0.05, 0.1) is 7.11 Å². The average Bonchev–Trinajstić information content (AvgIpc) is 2.50. The lowest BCUT2D eigenvalue weighted by Gasteiger charge is -2.19. The molecule has 0 spiro atoms. The third-order valence-corrected chi connectivity index (χ3v) is 3.61. The Morgan fingerprint density at radius 2 is 2.00 bits per heavy atom. The topological polar surface area (TPSA) is 21.3 Å². The summed E-state index contributed by atoms with van der Waals surface area (Å²) in [6.07, 6.45) is 0.843. The lowest BCUT2D eigenvalue weighted by molar-refractivity contribution is 0.414. The molecule has 112 valence electrons. The maximum Gasteiger partial charge on any atom is 0.126 e. The molecule has 3 heteroatoms. The van der Waals surface area contributed by atoms with Crippen molar-refractivity contribution in [2.24, 2.45) is 0 Å². The molecule has 0 heterocycles. The van der Waals surface area contributed by atoms with Crippen LogP contribution in [0.15, 0.2) is 42.5 Å². The van der Waals surface area contributed by atoms with E-state index < -0.39 is 0 Å². The third kappa shape index (κ3) is 4.05. The number of rotatable bonds is 6. The molecular weight excluding hydrogens is 265 g/mol. The Morgan fingerprint density at radius 3 is 2.67 bits per heavy atom. The normalized spacial score (nSPS) is 12.2. The number of benzene rings is 2. The second-order valence-electron chi connectivity index (χ2n) is 5.17. The van der Waals surface area contributed by atoms with Crippen LogP contribution in [-0.2, 0) is 6.42 Å². The Kier molecular flexibility index (Phi) is 5.34. The molecular formula is C18H22FNO. The zero-order chi connectivity index (χ0) is 15.2. The summed E-state index contributed by atoms with van der Waals surface area (Å²) in [5.74, 6) is 0.702. The summed E-state index contributed by atoms with van der Waals surface area (Å²) >= 11 is 0. The van der Waals surface area contributed by atoms with Gasteiger partial charge in [-0.05, 0) is 54.8 Å². The smallest absolute Gasteiger partial charge is 0.126 e. The van der Waals surface area contributed by atoms with Gasteiger partial charge in [0.2, 0.25) is 0 Å². The summed E-state index contributed by atoms with van der Waals surface area (Å²) in [6, 6.07) is 13.5. The number of likely N-dealkylation sites (N-methyl/N-ethyl adjacent to an activating group) is 1. The number of hydrogen-bond acceptors (Lipinski definition) is 2. The van der Waals surface area contributed by atoms with E-state index >= 15 is 0 Å². The van der Waals surface area contributed by atoms with Crippen molar-refractivity contribution in [3.8, 4) is 5.75 Å². The molecule has 0 fully saturated rings. The van der Waals surface area contributed by atoms with Gasteiger partial charge in [0, 0.05) is 6.04 Å². The Hall–Kier alpha value is -1.87. The van der Waals surface area contributed by atoms with Crippen molar-refractivity contribution < 1.29 is 9.13 Å². The van der Waals surface area contributed by atoms with Gasteiger partial charge in [-0.25, -0.2) is 4.39 Å². The standard InChI is InChI=1S/C18H22FNO/c1-4-20-18(15-8-9-17(19)13(2)10-15)12-14-6-5-7-16(11-14)21-3/h5-11,18,20H,4,12H2,1-3H3. The van der Waals surface area contributed by atoms with Gasteiger partial charge < -0.3 is 10.1 Å². The molecule has 1 N–H and O–H groups in total. The number of ether oxygens (including phenoxy) is 1. The molecule has 2 rings (SSSR count). The Labute approximate surface area is 126 Å². The van der Waals surface area contributed by atoms with Gasteiger partial charge in [0.1, 0.15) is 11.6 Å². The van der Waals surface area contributed by atoms with Crippen molar-refractivity contribution in [1.29, 1.82) is 0 Å². The number of methoxy groups -OCH3 is 1. The maximum absolute atomic E-state index is 13.4. The van der Waals surface area contributed by atoms with Crippen LogP contribution in [0.1, 0.15) is 29.7 Å². The molecule has 0 saturated carbocycles. The average molecular weight is 287 g/mol. The molecule has 2 aromatic carbocycles. The predicted molar refractivity (Wildman–Crippen MR) is 84.3 cm³/mol. The SMILES string of the molecule is CCNC(Cc1cccc(OC)c1)c1ccc(F)c(C)c1. The van der Waals surface area contributed by atoms with Gasteiger partial charge >= 0.3 is 0 Å². The number of aryl methyl sites for hydroxylation is 1. The summed E-state index contributed by atoms with van der Waals surface area (Å²) < 4.78 is 18.7. The minimum absolute atomic E-state index is 0.157. The van der Waals surface area contributed by atoms with Gasteiger partial charge in [-0.1, -0.05) is 31.2 Å². The van der Waals surface area contributed by atoms with E-state index in [9.17, 15) is 4.39 Å². The summed E-state index contributed by atoms with van der Waals surface area (Å²) in [6.45, 7) is 4.74. The fraction of sp³-hybridized carbons (Fsp3) is 0.333. The molecule has 0 radical (unpaired) electrons. The molecule has 2 aromatic rings. The highest BCUT2D eigenvalue weighted by molar-refractivity contribution is 5.32. The Bertz CT molecular complexity index is 598. The molecule has 0 aromatic heterocycles. The molecule has 0 aliphatic carbocycles. The van der Waals surface area contributed by atoms with Crippen molar-refractivity contribution in [2.45, 2.75) is 26.3 Å². The molecule has 0 aliphatic heterocycles. The molecule has 0 bridgehead atoms. The van der Waals surface area contributed by atoms with Crippen LogP contribution in [-0.4, -0.2) is 13.7 Å². The van der Waals surface area contributed by atoms with E-state index in [4.69, 9.17) is 4.74 Å². The van der Waals surface area contributed by atoms with Gasteiger partial charge in [-0.2, -0.15) is 0 Å². The van der Waals surface area contributed by atoms with Crippen LogP contribution < -0.4 is 10.1 Å². The summed E-state index contributed by atoms with van der Waals surface area (Å²) in [5, 5.41) is 3.47. The quantitative estimate of drug-likeness (QED) is 0.866. The van der Waals surface area contributed by atoms with E-state index in [1.807, 2.05) is 30.3 Å². The highest BCUT2D eigenvalue weighted by atomic mass is 19.1. The van der Waals surface area contributed by atoms with Gasteiger partial charge in [0.25, 0.3) is 0 Å². The zero-order valence-corrected chi connectivity index (χ0v) is 12.8. The van der Waals surface area contributed by atoms with E-state index in [0.717, 1.165) is 24.3 Å². The maximum atomic E-state index is 13.4. The van der Waals surface area contributed by atoms with Crippen LogP contribution in [0.5, 0.6) is 5.75 Å². The van der Waals surface area contributed by atoms with Crippen LogP contribution in [0.2, 0.25) is 0 Å². The van der Waals surface area contributed by atoms with Crippen LogP contribution in [0.25, 0.3) is 0 Å². The summed E-state index contributed by atoms with van der Waals surface area (Å²) in [5.41, 5.74) is 2.99. The van der Waals surface area contributed by atoms with Crippen LogP contribution in [0.3, 0.4) is 0 Å². The molecule has 2 nitrogen and oxygen atoms in total. The van der Waals surface area contributed by atoms with E-state index in [1.54, 1.807) is 20.1 Å². The largest absolute Gasteiger partial charge is 0.497 e. The molecule has 0 aliphatic rings. The predicted octanol–water partition coefficient (Wildman–Crippen LogP) is 4.04. The minimum atomic E-state index is -0.157. The first-order chi connectivity index (χ1) is 10.1. The lowest BCUT2D eigenvalue weighted by atomic mass is 9.97. The van der Waals surface area contributed by atoms with Crippen molar-refractivity contribution >= 4 is 0 Å². The van der Waals surface area contributed by atoms with E-state index in [-0.39, 0.29) is 11.9 Å². The summed E-state index contributed by atoms with van der Waals surface area (Å²) in [7, 11) is 1.67. The number of nitrogens with one attached hydrogen (secondary N) is 1. The van der Waals surface area contributed by atoms with Gasteiger partial charge in [0.15, 0.2) is 0 Å². The summed E-state index contributed by atoms with van der Waals surface area (Å²) in [4.78, 5) is 0. The highest BCUT2D eigenvalue weighted by Crippen LogP contribution is 2.23. The van der Waals surface area contributed by atoms with Crippen LogP contribution >= 0.6 is 0 Å². The third-order valence-electron chi connectivity index (χ3n) is 3.61. The second kappa shape index (κ2) is 7.23. The Balaban J connectivity index is 2.23. The molecule has 21 heavy (non-hydrogen) atoms. The first kappa shape index (κ1) is 15.5. The van der Waals surface area contributed by atoms with Crippen molar-refractivity contribution in [2.75, 3.05) is 13.7 Å². The van der Waals surface area contributed by atoms with Gasteiger partial charge in [-0.15, -0.1) is 0 Å². The van der Waals surface area contributed by atoms with Crippen LogP contribution in [0, 0.1) is 12.7 Å². The minimum Gasteiger partial charge on any atom is -0.497 e. The van der Waals surface area contributed by atoms with Crippen LogP contribution in [0.4, 0.5) is 4.39 Å². The lowest BCUT2D eigenvalue weighted by Crippen LogP contribution is -2.23.